The molecule has 5 heteroatoms. The molecule has 0 unspecified atom stereocenters. The lowest BCUT2D eigenvalue weighted by molar-refractivity contribution is -0.145. The lowest BCUT2D eigenvalue weighted by Gasteiger charge is -2.29. The lowest BCUT2D eigenvalue weighted by atomic mass is 10.0. The van der Waals surface area contributed by atoms with Crippen molar-refractivity contribution in [2.75, 3.05) is 0 Å². The number of piperidine rings is 1. The molecule has 2 aliphatic heterocycles. The molecule has 2 fully saturated rings. The van der Waals surface area contributed by atoms with E-state index >= 15 is 0 Å². The van der Waals surface area contributed by atoms with Gasteiger partial charge >= 0.3 is 0 Å². The van der Waals surface area contributed by atoms with Crippen molar-refractivity contribution in [2.24, 2.45) is 0 Å². The van der Waals surface area contributed by atoms with Gasteiger partial charge in [0.15, 0.2) is 0 Å². The summed E-state index contributed by atoms with van der Waals surface area (Å²) in [5, 5.41) is 2.59. The highest BCUT2D eigenvalue weighted by molar-refractivity contribution is 6.25. The van der Waals surface area contributed by atoms with Crippen LogP contribution >= 0.6 is 0 Å². The maximum absolute atomic E-state index is 12.2. The third kappa shape index (κ3) is 2.01. The number of allylic oxidation sites excluding steroid dienone is 3. The predicted octanol–water partition coefficient (Wildman–Crippen LogP) is 1.04. The van der Waals surface area contributed by atoms with Crippen LogP contribution in [0.5, 0.6) is 0 Å². The van der Waals surface area contributed by atoms with E-state index in [1.165, 1.54) is 0 Å². The Morgan fingerprint density at radius 2 is 1.68 bits per heavy atom. The van der Waals surface area contributed by atoms with Gasteiger partial charge in [-0.05, 0) is 26.7 Å². The van der Waals surface area contributed by atoms with Gasteiger partial charge in [0.25, 0.3) is 11.8 Å². The fourth-order valence-electron chi connectivity index (χ4n) is 2.43. The summed E-state index contributed by atoms with van der Waals surface area (Å²) < 4.78 is 0. The van der Waals surface area contributed by atoms with Gasteiger partial charge in [0.1, 0.15) is 6.04 Å². The largest absolute Gasteiger partial charge is 0.329 e. The summed E-state index contributed by atoms with van der Waals surface area (Å²) in [6, 6.07) is -0.738. The molecule has 0 aliphatic carbocycles. The van der Waals surface area contributed by atoms with Crippen molar-refractivity contribution in [3.05, 3.63) is 35.6 Å². The zero-order valence-electron chi connectivity index (χ0n) is 11.0. The van der Waals surface area contributed by atoms with Gasteiger partial charge in [0.2, 0.25) is 5.91 Å². The number of nitrogens with zero attached hydrogens (tertiary/aromatic N) is 1. The van der Waals surface area contributed by atoms with Crippen molar-refractivity contribution in [3.8, 4) is 0 Å². The molecule has 100 valence electrons. The summed E-state index contributed by atoms with van der Waals surface area (Å²) in [6.45, 7) is 7.09. The van der Waals surface area contributed by atoms with Crippen molar-refractivity contribution in [1.29, 1.82) is 0 Å². The smallest absolute Gasteiger partial charge is 0.261 e. The minimum absolute atomic E-state index is 0.342. The average molecular weight is 260 g/mol. The second-order valence-corrected chi connectivity index (χ2v) is 4.53. The maximum Gasteiger partial charge on any atom is 0.261 e. The van der Waals surface area contributed by atoms with Crippen molar-refractivity contribution in [3.63, 3.8) is 0 Å². The van der Waals surface area contributed by atoms with Crippen molar-refractivity contribution < 1.29 is 14.4 Å². The normalized spacial score (nSPS) is 28.5. The quantitative estimate of drug-likeness (QED) is 0.566. The van der Waals surface area contributed by atoms with Crippen molar-refractivity contribution in [2.45, 2.75) is 32.7 Å². The second-order valence-electron chi connectivity index (χ2n) is 4.53. The van der Waals surface area contributed by atoms with Crippen LogP contribution < -0.4 is 5.32 Å². The summed E-state index contributed by atoms with van der Waals surface area (Å²) >= 11 is 0. The first-order valence-corrected chi connectivity index (χ1v) is 6.20. The number of hydrogen-bond donors (Lipinski definition) is 1. The molecule has 0 aromatic rings. The first-order valence-electron chi connectivity index (χ1n) is 6.20. The molecule has 2 saturated heterocycles. The summed E-state index contributed by atoms with van der Waals surface area (Å²) in [5.74, 6) is -1.13. The number of imide groups is 1. The minimum Gasteiger partial charge on any atom is -0.329 e. The Morgan fingerprint density at radius 3 is 2.11 bits per heavy atom. The van der Waals surface area contributed by atoms with E-state index in [0.717, 1.165) is 4.90 Å². The first-order chi connectivity index (χ1) is 9.01. The van der Waals surface area contributed by atoms with Crippen LogP contribution in [0.15, 0.2) is 35.6 Å². The number of amides is 3. The first kappa shape index (κ1) is 13.3. The predicted molar refractivity (Wildman–Crippen MR) is 69.7 cm³/mol. The number of nitrogens with one attached hydrogen (secondary N) is 1. The van der Waals surface area contributed by atoms with Gasteiger partial charge in [-0.3, -0.25) is 19.3 Å². The molecule has 0 bridgehead atoms. The lowest BCUT2D eigenvalue weighted by Crippen LogP contribution is -2.51. The Kier molecular flexibility index (Phi) is 3.38. The zero-order valence-corrected chi connectivity index (χ0v) is 11.0. The molecule has 0 aromatic heterocycles. The van der Waals surface area contributed by atoms with Crippen LogP contribution in [0.4, 0.5) is 0 Å². The van der Waals surface area contributed by atoms with Crippen LogP contribution in [0.25, 0.3) is 0 Å². The van der Waals surface area contributed by atoms with Gasteiger partial charge in [-0.2, -0.15) is 0 Å². The Bertz CT molecular complexity index is 513. The molecule has 3 amide bonds. The molecule has 2 aliphatic rings. The van der Waals surface area contributed by atoms with Gasteiger partial charge in [0, 0.05) is 16.8 Å². The number of likely N-dealkylation sites (tertiary alicyclic amines) is 1. The summed E-state index contributed by atoms with van der Waals surface area (Å²) in [5.41, 5.74) is 1.35. The average Bonchev–Trinajstić information content (AvgIpc) is 2.61. The molecule has 19 heavy (non-hydrogen) atoms. The van der Waals surface area contributed by atoms with Gasteiger partial charge in [-0.15, -0.1) is 0 Å². The van der Waals surface area contributed by atoms with Gasteiger partial charge in [-0.25, -0.2) is 0 Å². The van der Waals surface area contributed by atoms with Crippen molar-refractivity contribution >= 4 is 17.7 Å². The molecule has 5 nitrogen and oxygen atoms in total. The van der Waals surface area contributed by atoms with E-state index in [9.17, 15) is 14.4 Å². The highest BCUT2D eigenvalue weighted by Gasteiger charge is 2.45. The molecule has 1 atom stereocenters. The second kappa shape index (κ2) is 4.84. The van der Waals surface area contributed by atoms with E-state index in [2.05, 4.69) is 11.9 Å². The summed E-state index contributed by atoms with van der Waals surface area (Å²) in [4.78, 5) is 37.5. The Hall–Kier alpha value is -2.17. The third-order valence-corrected chi connectivity index (χ3v) is 3.40. The minimum atomic E-state index is -0.738. The van der Waals surface area contributed by atoms with Crippen LogP contribution in [0.2, 0.25) is 0 Å². The van der Waals surface area contributed by atoms with Crippen molar-refractivity contribution in [1.82, 2.24) is 10.2 Å². The maximum atomic E-state index is 12.2. The van der Waals surface area contributed by atoms with Crippen LogP contribution in [0, 0.1) is 0 Å². The molecular formula is C14H16N2O3. The molecule has 2 rings (SSSR count). The highest BCUT2D eigenvalue weighted by Crippen LogP contribution is 2.29. The van der Waals surface area contributed by atoms with Gasteiger partial charge in [-0.1, -0.05) is 18.7 Å². The van der Waals surface area contributed by atoms with E-state index in [0.29, 0.717) is 29.7 Å². The number of carbonyl (C=O) groups is 3. The molecule has 0 saturated carbocycles. The Labute approximate surface area is 111 Å². The molecule has 0 aromatic carbocycles. The van der Waals surface area contributed by atoms with E-state index in [1.807, 2.05) is 0 Å². The molecule has 1 N–H and O–H groups in total. The molecule has 0 radical (unpaired) electrons. The monoisotopic (exact) mass is 260 g/mol. The fourth-order valence-corrected chi connectivity index (χ4v) is 2.43. The summed E-state index contributed by atoms with van der Waals surface area (Å²) in [6.07, 6.45) is 4.21. The van der Waals surface area contributed by atoms with Crippen LogP contribution in [0.3, 0.4) is 0 Å². The highest BCUT2D eigenvalue weighted by atomic mass is 16.2. The number of hydrogen-bond acceptors (Lipinski definition) is 3. The number of carbonyl (C=O) groups excluding carboxylic acids is 3. The Morgan fingerprint density at radius 1 is 1.16 bits per heavy atom. The molecule has 2 heterocycles. The fraction of sp³-hybridized carbons (Fsp3) is 0.357. The van der Waals surface area contributed by atoms with Crippen LogP contribution in [-0.2, 0) is 14.4 Å². The summed E-state index contributed by atoms with van der Waals surface area (Å²) in [7, 11) is 0. The van der Waals surface area contributed by atoms with Gasteiger partial charge in [0.05, 0.1) is 0 Å². The molecular weight excluding hydrogens is 244 g/mol. The van der Waals surface area contributed by atoms with E-state index in [4.69, 9.17) is 0 Å². The van der Waals surface area contributed by atoms with E-state index in [1.54, 1.807) is 26.0 Å². The van der Waals surface area contributed by atoms with Crippen LogP contribution in [0.1, 0.15) is 26.7 Å². The third-order valence-electron chi connectivity index (χ3n) is 3.40. The Balaban J connectivity index is 2.36. The number of rotatable bonds is 1. The van der Waals surface area contributed by atoms with Crippen LogP contribution in [-0.4, -0.2) is 28.7 Å². The molecule has 0 spiro atoms. The van der Waals surface area contributed by atoms with E-state index in [-0.39, 0.29) is 5.91 Å². The standard InChI is InChI=1S/C14H16N2O3/c1-4-9-10(5-2)14(19)16(13(9)18)11-7-6-8(3)15-12(11)17/h4-5,11H,3,6-7H2,1-2H3,(H,15,17)/b9-4+,10-5+/t11-/m1/s1. The van der Waals surface area contributed by atoms with Gasteiger partial charge < -0.3 is 5.32 Å². The topological polar surface area (TPSA) is 66.5 Å². The van der Waals surface area contributed by atoms with E-state index < -0.39 is 17.9 Å². The zero-order chi connectivity index (χ0) is 14.2. The SMILES string of the molecule is C=C1CC[C@@H](N2C(=O)C(=C/C)/C(=C\C)C2=O)C(=O)N1.